The van der Waals surface area contributed by atoms with Gasteiger partial charge < -0.3 is 10.4 Å². The summed E-state index contributed by atoms with van der Waals surface area (Å²) in [7, 11) is -3.73. The topological polar surface area (TPSA) is 95.5 Å². The first-order valence-electron chi connectivity index (χ1n) is 4.88. The molecule has 0 radical (unpaired) electrons. The number of carboxylic acids is 1. The van der Waals surface area contributed by atoms with E-state index in [0.29, 0.717) is 12.6 Å². The molecule has 1 rings (SSSR count). The van der Waals surface area contributed by atoms with Gasteiger partial charge in [0, 0.05) is 19.1 Å². The monoisotopic (exact) mass is 236 g/mol. The zero-order valence-electron chi connectivity index (χ0n) is 8.56. The van der Waals surface area contributed by atoms with E-state index < -0.39 is 21.2 Å². The van der Waals surface area contributed by atoms with Gasteiger partial charge in [0.15, 0.2) is 5.25 Å². The molecule has 0 amide bonds. The number of carbonyl (C=O) groups is 1. The summed E-state index contributed by atoms with van der Waals surface area (Å²) < 4.78 is 24.9. The lowest BCUT2D eigenvalue weighted by atomic mass is 10.5. The van der Waals surface area contributed by atoms with Gasteiger partial charge in [0.05, 0.1) is 0 Å². The number of nitrogens with one attached hydrogen (secondary N) is 2. The second-order valence-electron chi connectivity index (χ2n) is 3.65. The summed E-state index contributed by atoms with van der Waals surface area (Å²) in [5, 5.41) is 10.3. The van der Waals surface area contributed by atoms with Gasteiger partial charge in [0.2, 0.25) is 10.0 Å². The quantitative estimate of drug-likeness (QED) is 0.499. The maximum absolute atomic E-state index is 11.3. The number of hydrogen-bond donors (Lipinski definition) is 3. The fourth-order valence-electron chi connectivity index (χ4n) is 1.01. The maximum Gasteiger partial charge on any atom is 0.323 e. The van der Waals surface area contributed by atoms with Crippen LogP contribution in [0.4, 0.5) is 0 Å². The highest BCUT2D eigenvalue weighted by molar-refractivity contribution is 7.90. The number of rotatable bonds is 7. The van der Waals surface area contributed by atoms with Crippen LogP contribution >= 0.6 is 0 Å². The van der Waals surface area contributed by atoms with Crippen molar-refractivity contribution in [3.05, 3.63) is 0 Å². The zero-order chi connectivity index (χ0) is 11.5. The van der Waals surface area contributed by atoms with Crippen LogP contribution in [0.1, 0.15) is 19.8 Å². The van der Waals surface area contributed by atoms with Crippen LogP contribution in [0.15, 0.2) is 0 Å². The Kier molecular flexibility index (Phi) is 4.06. The van der Waals surface area contributed by atoms with Crippen molar-refractivity contribution in [1.82, 2.24) is 10.0 Å². The van der Waals surface area contributed by atoms with E-state index in [1.54, 1.807) is 0 Å². The molecule has 0 saturated heterocycles. The lowest BCUT2D eigenvalue weighted by Gasteiger charge is -2.10. The second kappa shape index (κ2) is 4.91. The molecule has 3 N–H and O–H groups in total. The van der Waals surface area contributed by atoms with Gasteiger partial charge in [-0.15, -0.1) is 0 Å². The number of aliphatic carboxylic acids is 1. The van der Waals surface area contributed by atoms with E-state index in [1.165, 1.54) is 0 Å². The minimum Gasteiger partial charge on any atom is -0.480 e. The van der Waals surface area contributed by atoms with Crippen molar-refractivity contribution in [3.8, 4) is 0 Å². The average Bonchev–Trinajstić information content (AvgIpc) is 2.94. The van der Waals surface area contributed by atoms with Crippen LogP contribution in [-0.2, 0) is 14.8 Å². The second-order valence-corrected chi connectivity index (χ2v) is 5.73. The van der Waals surface area contributed by atoms with Crippen LogP contribution in [0.2, 0.25) is 0 Å². The Balaban J connectivity index is 2.25. The summed E-state index contributed by atoms with van der Waals surface area (Å²) >= 11 is 0. The molecule has 0 aromatic rings. The van der Waals surface area contributed by atoms with E-state index in [4.69, 9.17) is 5.11 Å². The van der Waals surface area contributed by atoms with Gasteiger partial charge >= 0.3 is 5.97 Å². The van der Waals surface area contributed by atoms with Crippen molar-refractivity contribution < 1.29 is 18.3 Å². The van der Waals surface area contributed by atoms with Gasteiger partial charge in [0.1, 0.15) is 0 Å². The molecule has 7 heteroatoms. The Morgan fingerprint density at radius 1 is 1.47 bits per heavy atom. The smallest absolute Gasteiger partial charge is 0.323 e. The highest BCUT2D eigenvalue weighted by atomic mass is 32.2. The number of sulfonamides is 1. The van der Waals surface area contributed by atoms with Crippen molar-refractivity contribution in [2.75, 3.05) is 13.1 Å². The van der Waals surface area contributed by atoms with Gasteiger partial charge in [-0.25, -0.2) is 13.1 Å². The standard InChI is InChI=1S/C8H16N2O4S/c1-6(8(11)12)15(13,14)10-5-4-9-7-2-3-7/h6-7,9-10H,2-5H2,1H3,(H,11,12). The Labute approximate surface area is 89.1 Å². The fraction of sp³-hybridized carbons (Fsp3) is 0.875. The van der Waals surface area contributed by atoms with Crippen molar-refractivity contribution in [3.63, 3.8) is 0 Å². The van der Waals surface area contributed by atoms with Crippen LogP contribution in [0.25, 0.3) is 0 Å². The molecule has 15 heavy (non-hydrogen) atoms. The molecule has 1 atom stereocenters. The largest absolute Gasteiger partial charge is 0.480 e. The van der Waals surface area contributed by atoms with Crippen molar-refractivity contribution >= 4 is 16.0 Å². The van der Waals surface area contributed by atoms with Crippen molar-refractivity contribution in [1.29, 1.82) is 0 Å². The molecule has 0 aromatic heterocycles. The molecule has 0 aliphatic heterocycles. The first-order chi connectivity index (χ1) is 6.93. The predicted molar refractivity (Wildman–Crippen MR) is 55.0 cm³/mol. The first kappa shape index (κ1) is 12.4. The lowest BCUT2D eigenvalue weighted by molar-refractivity contribution is -0.136. The molecule has 0 heterocycles. The predicted octanol–water partition coefficient (Wildman–Crippen LogP) is -0.869. The van der Waals surface area contributed by atoms with Gasteiger partial charge in [-0.3, -0.25) is 4.79 Å². The summed E-state index contributed by atoms with van der Waals surface area (Å²) in [4.78, 5) is 10.5. The third-order valence-electron chi connectivity index (χ3n) is 2.25. The Bertz CT molecular complexity index is 324. The molecule has 1 aliphatic rings. The Hall–Kier alpha value is -0.660. The SMILES string of the molecule is CC(C(=O)O)S(=O)(=O)NCCNC1CC1. The lowest BCUT2D eigenvalue weighted by Crippen LogP contribution is -2.40. The molecule has 0 aromatic carbocycles. The van der Waals surface area contributed by atoms with Gasteiger partial charge in [-0.2, -0.15) is 0 Å². The van der Waals surface area contributed by atoms with Crippen LogP contribution in [0.3, 0.4) is 0 Å². The molecular weight excluding hydrogens is 220 g/mol. The summed E-state index contributed by atoms with van der Waals surface area (Å²) in [6.07, 6.45) is 2.27. The van der Waals surface area contributed by atoms with Gasteiger partial charge in [-0.1, -0.05) is 0 Å². The van der Waals surface area contributed by atoms with Crippen molar-refractivity contribution in [2.45, 2.75) is 31.1 Å². The summed E-state index contributed by atoms with van der Waals surface area (Å²) in [6.45, 7) is 1.92. The Morgan fingerprint density at radius 2 is 2.07 bits per heavy atom. The van der Waals surface area contributed by atoms with E-state index in [-0.39, 0.29) is 6.54 Å². The number of carboxylic acid groups (broad SMARTS) is 1. The number of hydrogen-bond acceptors (Lipinski definition) is 4. The van der Waals surface area contributed by atoms with E-state index in [1.807, 2.05) is 0 Å². The van der Waals surface area contributed by atoms with Gasteiger partial charge in [-0.05, 0) is 19.8 Å². The summed E-state index contributed by atoms with van der Waals surface area (Å²) in [6, 6.07) is 0.520. The van der Waals surface area contributed by atoms with Crippen molar-refractivity contribution in [2.24, 2.45) is 0 Å². The van der Waals surface area contributed by atoms with E-state index in [9.17, 15) is 13.2 Å². The zero-order valence-corrected chi connectivity index (χ0v) is 9.38. The molecule has 1 unspecified atom stereocenters. The minimum atomic E-state index is -3.73. The normalized spacial score (nSPS) is 18.7. The van der Waals surface area contributed by atoms with Crippen LogP contribution in [0.5, 0.6) is 0 Å². The summed E-state index contributed by atoms with van der Waals surface area (Å²) in [5.41, 5.74) is 0. The van der Waals surface area contributed by atoms with Crippen LogP contribution < -0.4 is 10.0 Å². The Morgan fingerprint density at radius 3 is 2.53 bits per heavy atom. The van der Waals surface area contributed by atoms with E-state index in [2.05, 4.69) is 10.0 Å². The third-order valence-corrected chi connectivity index (χ3v) is 3.99. The molecule has 88 valence electrons. The average molecular weight is 236 g/mol. The molecule has 6 nitrogen and oxygen atoms in total. The van der Waals surface area contributed by atoms with E-state index in [0.717, 1.165) is 19.8 Å². The molecule has 0 spiro atoms. The molecule has 1 fully saturated rings. The molecule has 1 aliphatic carbocycles. The molecular formula is C8H16N2O4S. The third kappa shape index (κ3) is 4.15. The van der Waals surface area contributed by atoms with E-state index >= 15 is 0 Å². The molecule has 1 saturated carbocycles. The summed E-state index contributed by atoms with van der Waals surface area (Å²) in [5.74, 6) is -1.34. The highest BCUT2D eigenvalue weighted by Gasteiger charge is 2.27. The van der Waals surface area contributed by atoms with Crippen LogP contribution in [-0.4, -0.2) is 43.9 Å². The van der Waals surface area contributed by atoms with Gasteiger partial charge in [0.25, 0.3) is 0 Å². The highest BCUT2D eigenvalue weighted by Crippen LogP contribution is 2.17. The maximum atomic E-state index is 11.3. The minimum absolute atomic E-state index is 0.233. The first-order valence-corrected chi connectivity index (χ1v) is 6.43. The molecule has 0 bridgehead atoms. The fourth-order valence-corrected chi connectivity index (χ4v) is 1.92. The van der Waals surface area contributed by atoms with Crippen LogP contribution in [0, 0.1) is 0 Å².